The molecule has 0 N–H and O–H groups in total. The topological polar surface area (TPSA) is 67.1 Å². The average molecular weight is 1610 g/mol. The van der Waals surface area contributed by atoms with Crippen LogP contribution in [0.5, 0.6) is 0 Å². The van der Waals surface area contributed by atoms with E-state index in [4.69, 9.17) is 19.9 Å². The molecule has 12 aromatic carbocycles. The average Bonchev–Trinajstić information content (AvgIpc) is 1.58. The van der Waals surface area contributed by atoms with Gasteiger partial charge in [-0.15, -0.1) is 0 Å². The molecule has 0 bridgehead atoms. The molecule has 608 valence electrons. The quantitative estimate of drug-likeness (QED) is 0.165. The van der Waals surface area contributed by atoms with Crippen LogP contribution in [0.2, 0.25) is 0 Å². The summed E-state index contributed by atoms with van der Waals surface area (Å²) in [4.78, 5) is 20.0. The Hall–Kier alpha value is -13.0. The van der Waals surface area contributed by atoms with Crippen molar-refractivity contribution < 1.29 is 18.3 Å². The third-order valence-corrected chi connectivity index (χ3v) is 29.2. The molecule has 0 spiro atoms. The maximum absolute atomic E-state index is 5.00. The summed E-state index contributed by atoms with van der Waals surface area (Å²) in [7, 11) is 8.52. The van der Waals surface area contributed by atoms with E-state index < -0.39 is 0 Å². The van der Waals surface area contributed by atoms with E-state index >= 15 is 0 Å². The van der Waals surface area contributed by atoms with Gasteiger partial charge in [0.1, 0.15) is 22.8 Å². The molecule has 4 aromatic heterocycles. The van der Waals surface area contributed by atoms with Crippen LogP contribution < -0.4 is 18.3 Å². The lowest BCUT2D eigenvalue weighted by Gasteiger charge is -2.13. The molecule has 124 heavy (non-hydrogen) atoms. The maximum atomic E-state index is 5.00. The highest BCUT2D eigenvalue weighted by molar-refractivity contribution is 6.01. The number of aryl methyl sites for hydroxylation is 16. The van der Waals surface area contributed by atoms with Gasteiger partial charge in [-0.3, -0.25) is 0 Å². The summed E-state index contributed by atoms with van der Waals surface area (Å²) < 4.78 is 8.85. The lowest BCUT2D eigenvalue weighted by Crippen LogP contribution is -2.33. The number of rotatable bonds is 4. The predicted octanol–water partition coefficient (Wildman–Crippen LogP) is 23.8. The largest absolute Gasteiger partial charge is 0.287 e. The van der Waals surface area contributed by atoms with Gasteiger partial charge >= 0.3 is 0 Å². The molecule has 0 saturated heterocycles. The summed E-state index contributed by atoms with van der Waals surface area (Å²) >= 11 is 0. The first kappa shape index (κ1) is 78.2. The first-order chi connectivity index (χ1) is 59.7. The Morgan fingerprint density at radius 3 is 0.903 bits per heavy atom. The van der Waals surface area contributed by atoms with Crippen molar-refractivity contribution in [2.24, 2.45) is 28.2 Å². The van der Waals surface area contributed by atoms with Crippen molar-refractivity contribution in [3.63, 3.8) is 0 Å². The fourth-order valence-corrected chi connectivity index (χ4v) is 22.9. The Morgan fingerprint density at radius 1 is 0.194 bits per heavy atom. The van der Waals surface area contributed by atoms with Gasteiger partial charge in [0.05, 0.1) is 50.4 Å². The summed E-state index contributed by atoms with van der Waals surface area (Å²) in [5.74, 6) is 0. The van der Waals surface area contributed by atoms with Crippen LogP contribution >= 0.6 is 0 Å². The second-order valence-electron chi connectivity index (χ2n) is 37.6. The third-order valence-electron chi connectivity index (χ3n) is 29.2. The van der Waals surface area contributed by atoms with E-state index in [1.807, 2.05) is 25.3 Å². The van der Waals surface area contributed by atoms with Gasteiger partial charge < -0.3 is 0 Å². The molecule has 8 heteroatoms. The second-order valence-corrected chi connectivity index (χ2v) is 37.6. The number of fused-ring (bicyclic) bond motifs is 28. The highest BCUT2D eigenvalue weighted by atomic mass is 15.0. The summed E-state index contributed by atoms with van der Waals surface area (Å²) in [5, 5.41) is 0. The minimum Gasteiger partial charge on any atom is -0.232 e. The molecule has 0 aliphatic heterocycles. The molecule has 8 aliphatic carbocycles. The van der Waals surface area contributed by atoms with E-state index in [2.05, 4.69) is 327 Å². The monoisotopic (exact) mass is 1610 g/mol. The van der Waals surface area contributed by atoms with Crippen LogP contribution in [0.15, 0.2) is 195 Å². The first-order valence-corrected chi connectivity index (χ1v) is 44.5. The Morgan fingerprint density at radius 2 is 0.484 bits per heavy atom. The normalized spacial score (nSPS) is 13.1. The number of aromatic nitrogens is 8. The lowest BCUT2D eigenvalue weighted by molar-refractivity contribution is -0.663. The molecule has 0 fully saturated rings. The number of benzene rings is 12. The van der Waals surface area contributed by atoms with Crippen molar-refractivity contribution in [2.45, 2.75) is 162 Å². The van der Waals surface area contributed by atoms with E-state index in [9.17, 15) is 0 Å². The van der Waals surface area contributed by atoms with Gasteiger partial charge in [-0.1, -0.05) is 179 Å². The molecule has 4 heterocycles. The van der Waals surface area contributed by atoms with Gasteiger partial charge in [-0.05, 0) is 348 Å². The summed E-state index contributed by atoms with van der Waals surface area (Å²) in [6.07, 6.45) is 15.9. The van der Waals surface area contributed by atoms with Crippen LogP contribution in [0, 0.1) is 111 Å². The van der Waals surface area contributed by atoms with Crippen LogP contribution in [-0.2, 0) is 79.6 Å². The maximum Gasteiger partial charge on any atom is 0.287 e. The number of hydrogen-bond donors (Lipinski definition) is 0. The third kappa shape index (κ3) is 12.3. The summed E-state index contributed by atoms with van der Waals surface area (Å²) in [6.45, 7) is 35.5. The molecule has 0 saturated carbocycles. The molecule has 0 atom stereocenters. The molecular formula is C116H108N8+4. The Bertz CT molecular complexity index is 7330. The fraction of sp³-hybridized carbons (Fsp3) is 0.241. The van der Waals surface area contributed by atoms with Crippen LogP contribution in [-0.4, -0.2) is 19.9 Å². The van der Waals surface area contributed by atoms with E-state index in [0.717, 1.165) is 51.4 Å². The van der Waals surface area contributed by atoms with E-state index in [1.165, 1.54) is 313 Å². The zero-order chi connectivity index (χ0) is 85.8. The van der Waals surface area contributed by atoms with Crippen LogP contribution in [0.3, 0.4) is 0 Å². The van der Waals surface area contributed by atoms with Gasteiger partial charge in [-0.2, -0.15) is 0 Å². The standard InChI is InChI=1S/4C29H27N2/c1-16-6-9-23-22(11-16)13-20-7-8-21-14-25-28(27(21)26(20)23)30-15-31(5)29(25)24-12-17(2)10-18(3)19(24)4;1-16-6-7-20-13-21-8-9-22-14-25-28(27(22)26(21)24(20)11-16)30-15-31(5)29(25)23-12-17(2)10-18(3)19(23)4;1-16-11-18(3)19(4)24(12-16)29-25-14-21-10-9-20-13-23-17(2)7-6-8-22(23)26(20)27(21)28(25)30-15-31(29)5;1-16-11-18(3)19(4)23(12-16)29-24-14-22-10-9-21-13-20-8-6-7-17(2)25(20)26(21)27(22)28(24)30-15-31(29)5/h4*6-12,15H,13-14H2,1-5H3/q4*+1. The van der Waals surface area contributed by atoms with E-state index in [-0.39, 0.29) is 0 Å². The number of hydrogen-bond acceptors (Lipinski definition) is 4. The minimum absolute atomic E-state index is 0.947. The molecular weight excluding hydrogens is 1510 g/mol. The second kappa shape index (κ2) is 29.3. The molecule has 0 unspecified atom stereocenters. The molecule has 8 aliphatic rings. The zero-order valence-corrected chi connectivity index (χ0v) is 75.7. The molecule has 24 rings (SSSR count). The van der Waals surface area contributed by atoms with Crippen molar-refractivity contribution in [1.29, 1.82) is 0 Å². The van der Waals surface area contributed by atoms with Crippen molar-refractivity contribution in [3.8, 4) is 135 Å². The van der Waals surface area contributed by atoms with Gasteiger partial charge in [0, 0.05) is 70.2 Å². The zero-order valence-electron chi connectivity index (χ0n) is 75.7. The van der Waals surface area contributed by atoms with Gasteiger partial charge in [-0.25, -0.2) is 18.3 Å². The first-order valence-electron chi connectivity index (χ1n) is 44.5. The fourth-order valence-electron chi connectivity index (χ4n) is 22.9. The Labute approximate surface area is 731 Å². The number of nitrogens with zero attached hydrogens (tertiary/aromatic N) is 8. The summed E-state index contributed by atoms with van der Waals surface area (Å²) in [5.41, 5.74) is 76.1. The van der Waals surface area contributed by atoms with Gasteiger partial charge in [0.2, 0.25) is 0 Å². The van der Waals surface area contributed by atoms with E-state index in [0.29, 0.717) is 0 Å². The highest BCUT2D eigenvalue weighted by Gasteiger charge is 2.42. The van der Waals surface area contributed by atoms with Crippen molar-refractivity contribution >= 4 is 0 Å². The molecule has 0 amide bonds. The smallest absolute Gasteiger partial charge is 0.232 e. The van der Waals surface area contributed by atoms with Crippen LogP contribution in [0.1, 0.15) is 178 Å². The van der Waals surface area contributed by atoms with Crippen molar-refractivity contribution in [3.05, 3.63) is 373 Å². The highest BCUT2D eigenvalue weighted by Crippen LogP contribution is 2.56. The predicted molar refractivity (Wildman–Crippen MR) is 505 cm³/mol. The molecule has 0 radical (unpaired) electrons. The lowest BCUT2D eigenvalue weighted by atomic mass is 9.93. The van der Waals surface area contributed by atoms with E-state index in [1.54, 1.807) is 0 Å². The minimum atomic E-state index is 0.947. The van der Waals surface area contributed by atoms with Crippen molar-refractivity contribution in [2.75, 3.05) is 0 Å². The van der Waals surface area contributed by atoms with Crippen molar-refractivity contribution in [1.82, 2.24) is 19.9 Å². The van der Waals surface area contributed by atoms with Gasteiger partial charge in [0.15, 0.2) is 22.8 Å². The molecule has 16 aromatic rings. The Balaban J connectivity index is 0.000000101. The molecule has 8 nitrogen and oxygen atoms in total. The summed E-state index contributed by atoms with van der Waals surface area (Å²) in [6, 6.07) is 64.5. The van der Waals surface area contributed by atoms with Crippen LogP contribution in [0.25, 0.3) is 135 Å². The Kier molecular flexibility index (Phi) is 18.5. The SMILES string of the molecule is Cc1cc(C)c(C)c(-c2c3c(nc[n+]2C)-c2c(ccc4c2-c2c(C)cccc2C4)C3)c1.Cc1cc(C)c(C)c(-c2c3c(nc[n+]2C)-c2c(ccc4c2-c2cccc(C)c2C4)C3)c1.Cc1ccc2c(c1)-c1c(ccc3c1-c1nc[n+](C)c(-c4cc(C)cc(C)c4C)c1C3)C2.Cc1ccc2c(c1)Cc1ccc3c(c1-2)-c1nc[n+](C)c(-c2cc(C)cc(C)c2C)c1C3. The van der Waals surface area contributed by atoms with Gasteiger partial charge in [0.25, 0.3) is 25.3 Å². The van der Waals surface area contributed by atoms with Crippen LogP contribution in [0.4, 0.5) is 0 Å².